The molecule has 1 heteroatoms. The highest BCUT2D eigenvalue weighted by atomic mass is 14.6. The second kappa shape index (κ2) is 3.42. The van der Waals surface area contributed by atoms with Crippen LogP contribution in [0.5, 0.6) is 0 Å². The van der Waals surface area contributed by atoms with Crippen LogP contribution in [-0.2, 0) is 0 Å². The SMILES string of the molecule is CN=CC(C)=C(C)C. The molecule has 0 bridgehead atoms. The summed E-state index contributed by atoms with van der Waals surface area (Å²) in [7, 11) is 1.78. The summed E-state index contributed by atoms with van der Waals surface area (Å²) in [5.74, 6) is 0. The van der Waals surface area contributed by atoms with Crippen molar-refractivity contribution in [2.24, 2.45) is 4.99 Å². The molecule has 1 nitrogen and oxygen atoms in total. The molecule has 0 aliphatic carbocycles. The molecule has 0 fully saturated rings. The zero-order valence-corrected chi connectivity index (χ0v) is 6.02. The standard InChI is InChI=1S/C7H13N/c1-6(2)7(3)5-8-4/h5H,1-4H3. The number of nitrogens with zero attached hydrogens (tertiary/aromatic N) is 1. The molecule has 0 aromatic rings. The van der Waals surface area contributed by atoms with E-state index in [1.54, 1.807) is 7.05 Å². The van der Waals surface area contributed by atoms with Crippen molar-refractivity contribution >= 4 is 6.21 Å². The summed E-state index contributed by atoms with van der Waals surface area (Å²) in [4.78, 5) is 3.87. The third-order valence-corrected chi connectivity index (χ3v) is 1.11. The van der Waals surface area contributed by atoms with Crippen LogP contribution >= 0.6 is 0 Å². The summed E-state index contributed by atoms with van der Waals surface area (Å²) in [6.45, 7) is 6.22. The second-order valence-electron chi connectivity index (χ2n) is 2.07. The smallest absolute Gasteiger partial charge is 0.0277 e. The van der Waals surface area contributed by atoms with Crippen LogP contribution in [0, 0.1) is 0 Å². The van der Waals surface area contributed by atoms with Crippen molar-refractivity contribution in [2.45, 2.75) is 20.8 Å². The van der Waals surface area contributed by atoms with Crippen LogP contribution in [-0.4, -0.2) is 13.3 Å². The van der Waals surface area contributed by atoms with Gasteiger partial charge in [0.1, 0.15) is 0 Å². The maximum absolute atomic E-state index is 3.87. The normalized spacial score (nSPS) is 10.0. The lowest BCUT2D eigenvalue weighted by molar-refractivity contribution is 1.31. The van der Waals surface area contributed by atoms with E-state index in [1.165, 1.54) is 11.1 Å². The fourth-order valence-corrected chi connectivity index (χ4v) is 0.323. The lowest BCUT2D eigenvalue weighted by Crippen LogP contribution is -1.79. The summed E-state index contributed by atoms with van der Waals surface area (Å²) in [6, 6.07) is 0. The molecular weight excluding hydrogens is 98.1 g/mol. The van der Waals surface area contributed by atoms with Crippen LogP contribution < -0.4 is 0 Å². The molecule has 0 aliphatic heterocycles. The first-order chi connectivity index (χ1) is 3.68. The van der Waals surface area contributed by atoms with Crippen LogP contribution in [0.1, 0.15) is 20.8 Å². The van der Waals surface area contributed by atoms with Crippen molar-refractivity contribution in [3.63, 3.8) is 0 Å². The van der Waals surface area contributed by atoms with Gasteiger partial charge in [-0.05, 0) is 26.3 Å². The Bertz CT molecular complexity index is 116. The zero-order valence-electron chi connectivity index (χ0n) is 6.02. The fraction of sp³-hybridized carbons (Fsp3) is 0.571. The zero-order chi connectivity index (χ0) is 6.57. The van der Waals surface area contributed by atoms with Crippen LogP contribution in [0.3, 0.4) is 0 Å². The molecule has 0 rings (SSSR count). The van der Waals surface area contributed by atoms with Gasteiger partial charge in [0, 0.05) is 13.3 Å². The maximum atomic E-state index is 3.87. The van der Waals surface area contributed by atoms with E-state index in [4.69, 9.17) is 0 Å². The first-order valence-electron chi connectivity index (χ1n) is 2.74. The number of allylic oxidation sites excluding steroid dienone is 2. The van der Waals surface area contributed by atoms with E-state index in [1.807, 2.05) is 6.21 Å². The van der Waals surface area contributed by atoms with Gasteiger partial charge in [0.2, 0.25) is 0 Å². The van der Waals surface area contributed by atoms with Gasteiger partial charge in [0.25, 0.3) is 0 Å². The van der Waals surface area contributed by atoms with Gasteiger partial charge in [-0.1, -0.05) is 5.57 Å². The van der Waals surface area contributed by atoms with Crippen molar-refractivity contribution in [1.82, 2.24) is 0 Å². The van der Waals surface area contributed by atoms with Gasteiger partial charge in [-0.3, -0.25) is 4.99 Å². The molecule has 0 spiro atoms. The topological polar surface area (TPSA) is 12.4 Å². The molecule has 0 unspecified atom stereocenters. The third-order valence-electron chi connectivity index (χ3n) is 1.11. The molecule has 0 saturated heterocycles. The molecule has 46 valence electrons. The number of rotatable bonds is 1. The molecule has 0 aliphatic rings. The Kier molecular flexibility index (Phi) is 3.16. The minimum absolute atomic E-state index is 1.26. The van der Waals surface area contributed by atoms with Gasteiger partial charge in [-0.2, -0.15) is 0 Å². The van der Waals surface area contributed by atoms with Gasteiger partial charge in [0.05, 0.1) is 0 Å². The predicted octanol–water partition coefficient (Wildman–Crippen LogP) is 2.04. The van der Waals surface area contributed by atoms with E-state index in [0.717, 1.165) is 0 Å². The lowest BCUT2D eigenvalue weighted by Gasteiger charge is -1.91. The lowest BCUT2D eigenvalue weighted by atomic mass is 10.2. The average molecular weight is 111 g/mol. The highest BCUT2D eigenvalue weighted by Gasteiger charge is 1.81. The van der Waals surface area contributed by atoms with E-state index in [-0.39, 0.29) is 0 Å². The number of aliphatic imine (C=N–C) groups is 1. The Labute approximate surface area is 51.1 Å². The Hall–Kier alpha value is -0.590. The van der Waals surface area contributed by atoms with E-state index in [2.05, 4.69) is 25.8 Å². The Morgan fingerprint density at radius 1 is 1.25 bits per heavy atom. The summed E-state index contributed by atoms with van der Waals surface area (Å²) < 4.78 is 0. The van der Waals surface area contributed by atoms with Gasteiger partial charge >= 0.3 is 0 Å². The summed E-state index contributed by atoms with van der Waals surface area (Å²) in [5.41, 5.74) is 2.59. The fourth-order valence-electron chi connectivity index (χ4n) is 0.323. The Morgan fingerprint density at radius 3 is 1.88 bits per heavy atom. The highest BCUT2D eigenvalue weighted by molar-refractivity contribution is 5.78. The van der Waals surface area contributed by atoms with Crippen LogP contribution in [0.2, 0.25) is 0 Å². The largest absolute Gasteiger partial charge is 0.296 e. The summed E-state index contributed by atoms with van der Waals surface area (Å²) in [6.07, 6.45) is 1.87. The van der Waals surface area contributed by atoms with E-state index < -0.39 is 0 Å². The molecule has 8 heavy (non-hydrogen) atoms. The van der Waals surface area contributed by atoms with Crippen molar-refractivity contribution in [3.8, 4) is 0 Å². The molecule has 0 heterocycles. The quantitative estimate of drug-likeness (QED) is 0.459. The first kappa shape index (κ1) is 7.41. The average Bonchev–Trinajstić information content (AvgIpc) is 1.67. The molecule has 0 atom stereocenters. The van der Waals surface area contributed by atoms with Crippen molar-refractivity contribution in [3.05, 3.63) is 11.1 Å². The Morgan fingerprint density at radius 2 is 1.75 bits per heavy atom. The molecular formula is C7H13N. The summed E-state index contributed by atoms with van der Waals surface area (Å²) >= 11 is 0. The van der Waals surface area contributed by atoms with Gasteiger partial charge in [0.15, 0.2) is 0 Å². The monoisotopic (exact) mass is 111 g/mol. The summed E-state index contributed by atoms with van der Waals surface area (Å²) in [5, 5.41) is 0. The van der Waals surface area contributed by atoms with Crippen LogP contribution in [0.25, 0.3) is 0 Å². The highest BCUT2D eigenvalue weighted by Crippen LogP contribution is 1.96. The van der Waals surface area contributed by atoms with E-state index in [0.29, 0.717) is 0 Å². The third kappa shape index (κ3) is 2.56. The van der Waals surface area contributed by atoms with Gasteiger partial charge in [-0.15, -0.1) is 0 Å². The van der Waals surface area contributed by atoms with Crippen LogP contribution in [0.4, 0.5) is 0 Å². The van der Waals surface area contributed by atoms with Gasteiger partial charge < -0.3 is 0 Å². The molecule has 0 aromatic carbocycles. The van der Waals surface area contributed by atoms with Crippen molar-refractivity contribution < 1.29 is 0 Å². The van der Waals surface area contributed by atoms with Crippen molar-refractivity contribution in [2.75, 3.05) is 7.05 Å². The van der Waals surface area contributed by atoms with Crippen LogP contribution in [0.15, 0.2) is 16.1 Å². The van der Waals surface area contributed by atoms with Gasteiger partial charge in [-0.25, -0.2) is 0 Å². The predicted molar refractivity (Wildman–Crippen MR) is 38.5 cm³/mol. The minimum Gasteiger partial charge on any atom is -0.296 e. The molecule has 0 radical (unpaired) electrons. The van der Waals surface area contributed by atoms with E-state index in [9.17, 15) is 0 Å². The number of hydrogen-bond acceptors (Lipinski definition) is 1. The number of hydrogen-bond donors (Lipinski definition) is 0. The Balaban J connectivity index is 4.00. The molecule has 0 saturated carbocycles. The molecule has 0 aromatic heterocycles. The van der Waals surface area contributed by atoms with Crippen molar-refractivity contribution in [1.29, 1.82) is 0 Å². The maximum Gasteiger partial charge on any atom is 0.0277 e. The minimum atomic E-state index is 1.26. The molecule has 0 N–H and O–H groups in total. The first-order valence-corrected chi connectivity index (χ1v) is 2.74. The second-order valence-corrected chi connectivity index (χ2v) is 2.07. The molecule has 0 amide bonds. The van der Waals surface area contributed by atoms with E-state index >= 15 is 0 Å².